The Morgan fingerprint density at radius 1 is 1.38 bits per heavy atom. The number of halogens is 2. The lowest BCUT2D eigenvalue weighted by molar-refractivity contribution is -0.119. The van der Waals surface area contributed by atoms with Gasteiger partial charge in [0.25, 0.3) is 0 Å². The summed E-state index contributed by atoms with van der Waals surface area (Å²) in [5, 5.41) is 11.3. The molecule has 0 unspecified atom stereocenters. The van der Waals surface area contributed by atoms with Gasteiger partial charge < -0.3 is 9.73 Å². The zero-order valence-electron chi connectivity index (χ0n) is 13.4. The highest BCUT2D eigenvalue weighted by Crippen LogP contribution is 2.29. The molecule has 2 atom stereocenters. The van der Waals surface area contributed by atoms with Crippen LogP contribution >= 0.6 is 11.6 Å². The molecular formula is C17H19ClFN3O2. The molecule has 1 fully saturated rings. The lowest BCUT2D eigenvalue weighted by Crippen LogP contribution is -2.30. The van der Waals surface area contributed by atoms with E-state index in [1.165, 1.54) is 13.0 Å². The summed E-state index contributed by atoms with van der Waals surface area (Å²) < 4.78 is 19.4. The van der Waals surface area contributed by atoms with Crippen molar-refractivity contribution in [1.82, 2.24) is 15.5 Å². The molecule has 0 saturated heterocycles. The summed E-state index contributed by atoms with van der Waals surface area (Å²) in [5.41, 5.74) is 0.362. The van der Waals surface area contributed by atoms with Crippen LogP contribution in [0.25, 0.3) is 0 Å². The summed E-state index contributed by atoms with van der Waals surface area (Å²) in [6, 6.07) is 4.79. The smallest absolute Gasteiger partial charge is 0.221 e. The number of hydrogen-bond acceptors (Lipinski definition) is 4. The van der Waals surface area contributed by atoms with Gasteiger partial charge in [-0.1, -0.05) is 17.7 Å². The number of hydrogen-bond donors (Lipinski definition) is 1. The van der Waals surface area contributed by atoms with Gasteiger partial charge in [-0.15, -0.1) is 10.2 Å². The number of nitrogens with one attached hydrogen (secondary N) is 1. The third-order valence-corrected chi connectivity index (χ3v) is 4.66. The maximum Gasteiger partial charge on any atom is 0.221 e. The summed E-state index contributed by atoms with van der Waals surface area (Å²) >= 11 is 6.02. The van der Waals surface area contributed by atoms with E-state index in [4.69, 9.17) is 16.0 Å². The fourth-order valence-electron chi connectivity index (χ4n) is 3.22. The minimum Gasteiger partial charge on any atom is -0.425 e. The van der Waals surface area contributed by atoms with E-state index in [1.807, 2.05) is 0 Å². The van der Waals surface area contributed by atoms with Gasteiger partial charge in [-0.2, -0.15) is 0 Å². The Hall–Kier alpha value is -1.95. The summed E-state index contributed by atoms with van der Waals surface area (Å²) in [7, 11) is 0. The normalized spacial score (nSPS) is 20.3. The molecule has 0 bridgehead atoms. The maximum absolute atomic E-state index is 13.8. The van der Waals surface area contributed by atoms with Crippen molar-refractivity contribution >= 4 is 17.5 Å². The first-order valence-electron chi connectivity index (χ1n) is 8.02. The highest BCUT2D eigenvalue weighted by atomic mass is 35.5. The summed E-state index contributed by atoms with van der Waals surface area (Å²) in [5.74, 6) is 0.935. The molecular weight excluding hydrogens is 333 g/mol. The van der Waals surface area contributed by atoms with Gasteiger partial charge in [0.05, 0.1) is 6.42 Å². The van der Waals surface area contributed by atoms with Crippen molar-refractivity contribution in [2.24, 2.45) is 5.92 Å². The molecule has 128 valence electrons. The van der Waals surface area contributed by atoms with E-state index in [0.29, 0.717) is 34.7 Å². The molecule has 1 amide bonds. The monoisotopic (exact) mass is 351 g/mol. The molecule has 5 nitrogen and oxygen atoms in total. The van der Waals surface area contributed by atoms with Crippen LogP contribution < -0.4 is 5.32 Å². The largest absolute Gasteiger partial charge is 0.425 e. The van der Waals surface area contributed by atoms with Gasteiger partial charge in [-0.25, -0.2) is 4.39 Å². The van der Waals surface area contributed by atoms with Crippen molar-refractivity contribution in [1.29, 1.82) is 0 Å². The molecule has 3 rings (SSSR count). The second kappa shape index (κ2) is 7.30. The Balaban J connectivity index is 1.59. The second-order valence-corrected chi connectivity index (χ2v) is 6.65. The fourth-order valence-corrected chi connectivity index (χ4v) is 3.45. The van der Waals surface area contributed by atoms with Crippen molar-refractivity contribution in [2.45, 2.75) is 45.1 Å². The Morgan fingerprint density at radius 3 is 2.92 bits per heavy atom. The third-order valence-electron chi connectivity index (χ3n) is 4.31. The zero-order valence-corrected chi connectivity index (χ0v) is 14.1. The van der Waals surface area contributed by atoms with Crippen LogP contribution in [0.15, 0.2) is 22.6 Å². The molecule has 1 N–H and O–H groups in total. The lowest BCUT2D eigenvalue weighted by atomic mass is 10.0. The van der Waals surface area contributed by atoms with Crippen LogP contribution in [0.3, 0.4) is 0 Å². The maximum atomic E-state index is 13.8. The van der Waals surface area contributed by atoms with Gasteiger partial charge in [0, 0.05) is 30.0 Å². The van der Waals surface area contributed by atoms with Gasteiger partial charge in [-0.05, 0) is 37.3 Å². The lowest BCUT2D eigenvalue weighted by Gasteiger charge is -2.10. The molecule has 0 radical (unpaired) electrons. The standard InChI is InChI=1S/C17H19ClFN3O2/c1-10(23)20-12-6-5-11(7-12)8-16-21-22-17(24-16)9-13-14(18)3-2-4-15(13)19/h2-4,11-12H,5-9H2,1H3,(H,20,23)/t11-,12+/m1/s1. The molecule has 1 aliphatic rings. The van der Waals surface area contributed by atoms with Crippen LogP contribution in [-0.2, 0) is 17.6 Å². The topological polar surface area (TPSA) is 68.0 Å². The molecule has 2 aromatic rings. The SMILES string of the molecule is CC(=O)N[C@H]1CC[C@@H](Cc2nnc(Cc3c(F)cccc3Cl)o2)C1. The van der Waals surface area contributed by atoms with Crippen LogP contribution in [0.5, 0.6) is 0 Å². The van der Waals surface area contributed by atoms with E-state index >= 15 is 0 Å². The predicted octanol–water partition coefficient (Wildman–Crippen LogP) is 3.30. The van der Waals surface area contributed by atoms with Crippen LogP contribution in [0.1, 0.15) is 43.5 Å². The van der Waals surface area contributed by atoms with E-state index in [0.717, 1.165) is 19.3 Å². The first kappa shape index (κ1) is 16.9. The molecule has 24 heavy (non-hydrogen) atoms. The van der Waals surface area contributed by atoms with Gasteiger partial charge >= 0.3 is 0 Å². The van der Waals surface area contributed by atoms with Crippen LogP contribution in [0, 0.1) is 11.7 Å². The fraction of sp³-hybridized carbons (Fsp3) is 0.471. The first-order chi connectivity index (χ1) is 11.5. The van der Waals surface area contributed by atoms with Crippen molar-refractivity contribution in [3.05, 3.63) is 46.4 Å². The van der Waals surface area contributed by atoms with Crippen LogP contribution in [0.2, 0.25) is 5.02 Å². The molecule has 1 aliphatic carbocycles. The average molecular weight is 352 g/mol. The van der Waals surface area contributed by atoms with Crippen molar-refractivity contribution in [3.8, 4) is 0 Å². The number of carbonyl (C=O) groups is 1. The summed E-state index contributed by atoms with van der Waals surface area (Å²) in [6.45, 7) is 1.53. The Labute approximate surface area is 144 Å². The van der Waals surface area contributed by atoms with Crippen LogP contribution in [-0.4, -0.2) is 22.1 Å². The highest BCUT2D eigenvalue weighted by Gasteiger charge is 2.27. The molecule has 0 spiro atoms. The van der Waals surface area contributed by atoms with Crippen LogP contribution in [0.4, 0.5) is 4.39 Å². The Bertz CT molecular complexity index is 714. The second-order valence-electron chi connectivity index (χ2n) is 6.25. The van der Waals surface area contributed by atoms with Crippen molar-refractivity contribution < 1.29 is 13.6 Å². The molecule has 1 aromatic carbocycles. The molecule has 1 saturated carbocycles. The van der Waals surface area contributed by atoms with Gasteiger partial charge in [0.1, 0.15) is 5.82 Å². The zero-order chi connectivity index (χ0) is 17.1. The number of benzene rings is 1. The van der Waals surface area contributed by atoms with Gasteiger partial charge in [0.15, 0.2) is 0 Å². The van der Waals surface area contributed by atoms with E-state index in [1.54, 1.807) is 12.1 Å². The van der Waals surface area contributed by atoms with E-state index in [-0.39, 0.29) is 24.2 Å². The van der Waals surface area contributed by atoms with E-state index < -0.39 is 0 Å². The molecule has 1 aromatic heterocycles. The summed E-state index contributed by atoms with van der Waals surface area (Å²) in [6.07, 6.45) is 3.75. The molecule has 0 aliphatic heterocycles. The quantitative estimate of drug-likeness (QED) is 0.897. The minimum absolute atomic E-state index is 0.00231. The van der Waals surface area contributed by atoms with E-state index in [2.05, 4.69) is 15.5 Å². The van der Waals surface area contributed by atoms with E-state index in [9.17, 15) is 9.18 Å². The number of nitrogens with zero attached hydrogens (tertiary/aromatic N) is 2. The predicted molar refractivity (Wildman–Crippen MR) is 87.2 cm³/mol. The van der Waals surface area contributed by atoms with Crippen molar-refractivity contribution in [3.63, 3.8) is 0 Å². The highest BCUT2D eigenvalue weighted by molar-refractivity contribution is 6.31. The van der Waals surface area contributed by atoms with Gasteiger partial charge in [-0.3, -0.25) is 4.79 Å². The Kier molecular flexibility index (Phi) is 5.14. The third kappa shape index (κ3) is 4.12. The van der Waals surface area contributed by atoms with Gasteiger partial charge in [0.2, 0.25) is 17.7 Å². The summed E-state index contributed by atoms with van der Waals surface area (Å²) in [4.78, 5) is 11.1. The number of rotatable bonds is 5. The minimum atomic E-state index is -0.379. The first-order valence-corrected chi connectivity index (χ1v) is 8.40. The molecule has 1 heterocycles. The number of aromatic nitrogens is 2. The average Bonchev–Trinajstić information content (AvgIpc) is 3.13. The number of amides is 1. The Morgan fingerprint density at radius 2 is 2.17 bits per heavy atom. The molecule has 7 heteroatoms. The number of carbonyl (C=O) groups excluding carboxylic acids is 1. The van der Waals surface area contributed by atoms with Crippen molar-refractivity contribution in [2.75, 3.05) is 0 Å².